The molecule has 6 heteroatoms. The summed E-state index contributed by atoms with van der Waals surface area (Å²) in [4.78, 5) is 22.4. The maximum absolute atomic E-state index is 11.1. The number of hydrogen-bond donors (Lipinski definition) is 2. The Labute approximate surface area is 120 Å². The third-order valence-electron chi connectivity index (χ3n) is 3.56. The summed E-state index contributed by atoms with van der Waals surface area (Å²) >= 11 is 0. The molecule has 0 spiro atoms. The minimum atomic E-state index is 0.0521. The summed E-state index contributed by atoms with van der Waals surface area (Å²) in [6.07, 6.45) is 2.74. The Kier molecular flexibility index (Phi) is 4.76. The van der Waals surface area contributed by atoms with E-state index in [1.165, 1.54) is 0 Å². The molecule has 1 saturated heterocycles. The molecule has 0 saturated carbocycles. The van der Waals surface area contributed by atoms with Crippen LogP contribution in [0.1, 0.15) is 32.5 Å². The first-order chi connectivity index (χ1) is 9.62. The molecule has 6 nitrogen and oxygen atoms in total. The Morgan fingerprint density at radius 3 is 2.65 bits per heavy atom. The molecule has 1 aliphatic heterocycles. The molecule has 1 aliphatic rings. The van der Waals surface area contributed by atoms with Gasteiger partial charge in [-0.15, -0.1) is 0 Å². The van der Waals surface area contributed by atoms with E-state index in [-0.39, 0.29) is 5.91 Å². The summed E-state index contributed by atoms with van der Waals surface area (Å²) in [7, 11) is 1.87. The van der Waals surface area contributed by atoms with Crippen molar-refractivity contribution in [2.45, 2.75) is 39.2 Å². The van der Waals surface area contributed by atoms with Crippen molar-refractivity contribution in [2.24, 2.45) is 0 Å². The van der Waals surface area contributed by atoms with Crippen LogP contribution in [0.2, 0.25) is 0 Å². The lowest BCUT2D eigenvalue weighted by molar-refractivity contribution is -0.119. The first kappa shape index (κ1) is 14.6. The molecular formula is C14H23N5O. The Morgan fingerprint density at radius 1 is 1.40 bits per heavy atom. The van der Waals surface area contributed by atoms with Gasteiger partial charge in [0, 0.05) is 45.6 Å². The lowest BCUT2D eigenvalue weighted by Crippen LogP contribution is -2.44. The summed E-state index contributed by atoms with van der Waals surface area (Å²) in [6, 6.07) is 2.28. The molecule has 0 aromatic carbocycles. The third-order valence-corrected chi connectivity index (χ3v) is 3.56. The van der Waals surface area contributed by atoms with Crippen LogP contribution in [0.4, 0.5) is 11.6 Å². The van der Waals surface area contributed by atoms with Crippen molar-refractivity contribution in [1.82, 2.24) is 15.3 Å². The van der Waals surface area contributed by atoms with E-state index in [1.54, 1.807) is 6.92 Å². The van der Waals surface area contributed by atoms with Gasteiger partial charge in [-0.3, -0.25) is 4.79 Å². The first-order valence-electron chi connectivity index (χ1n) is 7.20. The Morgan fingerprint density at radius 2 is 2.10 bits per heavy atom. The molecule has 1 amide bonds. The van der Waals surface area contributed by atoms with Crippen LogP contribution >= 0.6 is 0 Å². The average Bonchev–Trinajstić information content (AvgIpc) is 2.46. The predicted octanol–water partition coefficient (Wildman–Crippen LogP) is 1.19. The third kappa shape index (κ3) is 3.59. The number of aryl methyl sites for hydroxylation is 1. The fourth-order valence-corrected chi connectivity index (χ4v) is 2.47. The van der Waals surface area contributed by atoms with Crippen LogP contribution in [-0.4, -0.2) is 42.1 Å². The number of nitrogens with one attached hydrogen (secondary N) is 2. The van der Waals surface area contributed by atoms with Gasteiger partial charge in [-0.25, -0.2) is 9.97 Å². The van der Waals surface area contributed by atoms with Gasteiger partial charge >= 0.3 is 0 Å². The zero-order valence-electron chi connectivity index (χ0n) is 12.4. The molecule has 0 radical (unpaired) electrons. The van der Waals surface area contributed by atoms with Gasteiger partial charge in [0.05, 0.1) is 0 Å². The van der Waals surface area contributed by atoms with E-state index in [1.807, 2.05) is 13.1 Å². The van der Waals surface area contributed by atoms with E-state index < -0.39 is 0 Å². The van der Waals surface area contributed by atoms with E-state index in [0.29, 0.717) is 6.04 Å². The summed E-state index contributed by atoms with van der Waals surface area (Å²) in [5.41, 5.74) is 0. The van der Waals surface area contributed by atoms with E-state index in [0.717, 1.165) is 49.8 Å². The highest BCUT2D eigenvalue weighted by atomic mass is 16.1. The number of aromatic nitrogens is 2. The maximum Gasteiger partial charge on any atom is 0.217 e. The number of rotatable bonds is 4. The molecule has 0 unspecified atom stereocenters. The number of nitrogens with zero attached hydrogens (tertiary/aromatic N) is 3. The van der Waals surface area contributed by atoms with Crippen molar-refractivity contribution in [2.75, 3.05) is 30.4 Å². The molecule has 1 aromatic heterocycles. The van der Waals surface area contributed by atoms with Crippen LogP contribution in [0, 0.1) is 0 Å². The Hall–Kier alpha value is -1.85. The quantitative estimate of drug-likeness (QED) is 0.865. The van der Waals surface area contributed by atoms with Crippen LogP contribution in [-0.2, 0) is 11.2 Å². The van der Waals surface area contributed by atoms with Crippen molar-refractivity contribution >= 4 is 17.5 Å². The number of anilines is 2. The molecule has 0 bridgehead atoms. The van der Waals surface area contributed by atoms with Crippen molar-refractivity contribution in [1.29, 1.82) is 0 Å². The van der Waals surface area contributed by atoms with Crippen LogP contribution in [0.5, 0.6) is 0 Å². The normalized spacial score (nSPS) is 16.1. The number of amides is 1. The van der Waals surface area contributed by atoms with Crippen molar-refractivity contribution in [3.63, 3.8) is 0 Å². The summed E-state index contributed by atoms with van der Waals surface area (Å²) in [5, 5.41) is 6.07. The van der Waals surface area contributed by atoms with Crippen molar-refractivity contribution in [3.05, 3.63) is 11.9 Å². The summed E-state index contributed by atoms with van der Waals surface area (Å²) in [6.45, 7) is 5.45. The number of hydrogen-bond acceptors (Lipinski definition) is 5. The molecule has 0 aliphatic carbocycles. The second kappa shape index (κ2) is 6.54. The summed E-state index contributed by atoms with van der Waals surface area (Å²) < 4.78 is 0. The van der Waals surface area contributed by atoms with Gasteiger partial charge in [0.1, 0.15) is 17.5 Å². The van der Waals surface area contributed by atoms with E-state index in [9.17, 15) is 4.79 Å². The van der Waals surface area contributed by atoms with E-state index in [2.05, 4.69) is 32.4 Å². The molecule has 1 aromatic rings. The van der Waals surface area contributed by atoms with Gasteiger partial charge in [0.25, 0.3) is 0 Å². The monoisotopic (exact) mass is 277 g/mol. The molecule has 20 heavy (non-hydrogen) atoms. The fraction of sp³-hybridized carbons (Fsp3) is 0.643. The van der Waals surface area contributed by atoms with Gasteiger partial charge in [-0.2, -0.15) is 0 Å². The molecule has 0 atom stereocenters. The Balaban J connectivity index is 2.04. The average molecular weight is 277 g/mol. The zero-order valence-corrected chi connectivity index (χ0v) is 12.4. The zero-order chi connectivity index (χ0) is 14.5. The number of carbonyl (C=O) groups is 1. The lowest BCUT2D eigenvalue weighted by atomic mass is 10.1. The number of piperidine rings is 1. The molecule has 1 fully saturated rings. The van der Waals surface area contributed by atoms with Crippen molar-refractivity contribution < 1.29 is 4.79 Å². The SMILES string of the molecule is CCc1nc(NC)cc(N2CCC(NC(C)=O)CC2)n1. The van der Waals surface area contributed by atoms with Crippen LogP contribution in [0.25, 0.3) is 0 Å². The minimum Gasteiger partial charge on any atom is -0.373 e. The van der Waals surface area contributed by atoms with E-state index in [4.69, 9.17) is 0 Å². The second-order valence-electron chi connectivity index (χ2n) is 5.09. The fourth-order valence-electron chi connectivity index (χ4n) is 2.47. The van der Waals surface area contributed by atoms with Crippen molar-refractivity contribution in [3.8, 4) is 0 Å². The maximum atomic E-state index is 11.1. The Bertz CT molecular complexity index is 446. The van der Waals surface area contributed by atoms with Crippen LogP contribution in [0.3, 0.4) is 0 Å². The minimum absolute atomic E-state index is 0.0521. The smallest absolute Gasteiger partial charge is 0.217 e. The molecule has 2 rings (SSSR count). The van der Waals surface area contributed by atoms with Gasteiger partial charge in [-0.05, 0) is 12.8 Å². The standard InChI is InChI=1S/C14H23N5O/c1-4-12-17-13(15-3)9-14(18-12)19-7-5-11(6-8-19)16-10(2)20/h9,11H,4-8H2,1-3H3,(H,16,20)(H,15,17,18). The second-order valence-corrected chi connectivity index (χ2v) is 5.09. The topological polar surface area (TPSA) is 70.2 Å². The van der Waals surface area contributed by atoms with Crippen LogP contribution < -0.4 is 15.5 Å². The van der Waals surface area contributed by atoms with Gasteiger partial charge < -0.3 is 15.5 Å². The first-order valence-corrected chi connectivity index (χ1v) is 7.20. The van der Waals surface area contributed by atoms with Gasteiger partial charge in [0.2, 0.25) is 5.91 Å². The number of carbonyl (C=O) groups excluding carboxylic acids is 1. The lowest BCUT2D eigenvalue weighted by Gasteiger charge is -2.33. The highest BCUT2D eigenvalue weighted by molar-refractivity contribution is 5.73. The molecular weight excluding hydrogens is 254 g/mol. The highest BCUT2D eigenvalue weighted by Crippen LogP contribution is 2.20. The highest BCUT2D eigenvalue weighted by Gasteiger charge is 2.21. The largest absolute Gasteiger partial charge is 0.373 e. The van der Waals surface area contributed by atoms with Gasteiger partial charge in [0.15, 0.2) is 0 Å². The molecule has 2 heterocycles. The molecule has 2 N–H and O–H groups in total. The predicted molar refractivity (Wildman–Crippen MR) is 80.0 cm³/mol. The van der Waals surface area contributed by atoms with Gasteiger partial charge in [-0.1, -0.05) is 6.92 Å². The van der Waals surface area contributed by atoms with Crippen LogP contribution in [0.15, 0.2) is 6.07 Å². The summed E-state index contributed by atoms with van der Waals surface area (Å²) in [5.74, 6) is 2.74. The van der Waals surface area contributed by atoms with E-state index >= 15 is 0 Å². The molecule has 110 valence electrons.